The van der Waals surface area contributed by atoms with Gasteiger partial charge in [0.25, 0.3) is 0 Å². The summed E-state index contributed by atoms with van der Waals surface area (Å²) < 4.78 is 16.4. The molecule has 1 aromatic heterocycles. The predicted octanol–water partition coefficient (Wildman–Crippen LogP) is 2.16. The maximum absolute atomic E-state index is 11.1. The zero-order valence-electron chi connectivity index (χ0n) is 20.5. The number of ether oxygens (including phenoxy) is 2. The van der Waals surface area contributed by atoms with Gasteiger partial charge in [0.05, 0.1) is 6.10 Å². The number of anilines is 2. The Morgan fingerprint density at radius 2 is 1.59 bits per heavy atom. The van der Waals surface area contributed by atoms with Crippen LogP contribution in [0.5, 0.6) is 0 Å². The molecule has 2 saturated carbocycles. The highest BCUT2D eigenvalue weighted by atomic mass is 32.1. The van der Waals surface area contributed by atoms with Crippen LogP contribution in [0.25, 0.3) is 0 Å². The summed E-state index contributed by atoms with van der Waals surface area (Å²) in [6, 6.07) is -0.612. The number of nitrogens with zero attached hydrogens (tertiary/aromatic N) is 4. The number of aromatic nitrogens is 2. The number of aliphatic hydroxyl groups is 2. The van der Waals surface area contributed by atoms with E-state index < -0.39 is 30.6 Å². The minimum absolute atomic E-state index is 0.256. The van der Waals surface area contributed by atoms with Crippen LogP contribution in [0.2, 0.25) is 0 Å². The van der Waals surface area contributed by atoms with E-state index in [0.29, 0.717) is 11.1 Å². The summed E-state index contributed by atoms with van der Waals surface area (Å²) in [6.07, 6.45) is 7.03. The summed E-state index contributed by atoms with van der Waals surface area (Å²) in [5, 5.41) is 26.0. The Balaban J connectivity index is 1.19. The summed E-state index contributed by atoms with van der Waals surface area (Å²) in [5.41, 5.74) is 0. The molecule has 5 atom stereocenters. The minimum atomic E-state index is -1.01. The molecule has 3 N–H and O–H groups in total. The molecule has 0 unspecified atom stereocenters. The van der Waals surface area contributed by atoms with Gasteiger partial charge in [-0.25, -0.2) is 0 Å². The maximum Gasteiger partial charge on any atom is 0.239 e. The number of hydrogen-bond acceptors (Lipinski definition) is 10. The van der Waals surface area contributed by atoms with Crippen molar-refractivity contribution < 1.29 is 19.7 Å². The summed E-state index contributed by atoms with van der Waals surface area (Å²) in [4.78, 5) is 9.10. The van der Waals surface area contributed by atoms with Gasteiger partial charge in [0.1, 0.15) is 18.2 Å². The highest BCUT2D eigenvalue weighted by Gasteiger charge is 2.48. The number of rotatable bonds is 6. The molecule has 2 saturated heterocycles. The van der Waals surface area contributed by atoms with Crippen LogP contribution in [-0.2, 0) is 9.47 Å². The van der Waals surface area contributed by atoms with E-state index in [0.717, 1.165) is 50.9 Å². The Hall–Kier alpha value is -1.04. The average Bonchev–Trinajstić information content (AvgIpc) is 3.56. The normalized spacial score (nSPS) is 38.4. The first-order chi connectivity index (χ1) is 16.5. The van der Waals surface area contributed by atoms with Crippen LogP contribution in [0.1, 0.15) is 51.4 Å². The molecule has 4 fully saturated rings. The van der Waals surface area contributed by atoms with Crippen molar-refractivity contribution in [2.75, 3.05) is 50.6 Å². The predicted molar refractivity (Wildman–Crippen MR) is 132 cm³/mol. The quantitative estimate of drug-likeness (QED) is 0.548. The Kier molecular flexibility index (Phi) is 7.92. The maximum atomic E-state index is 11.1. The summed E-state index contributed by atoms with van der Waals surface area (Å²) in [5.74, 6) is 2.68. The van der Waals surface area contributed by atoms with E-state index in [4.69, 9.17) is 9.47 Å². The van der Waals surface area contributed by atoms with Crippen molar-refractivity contribution in [1.29, 1.82) is 0 Å². The molecule has 4 aliphatic rings. The fourth-order valence-electron chi connectivity index (χ4n) is 6.56. The second-order valence-electron chi connectivity index (χ2n) is 10.8. The molecule has 3 heterocycles. The van der Waals surface area contributed by atoms with Crippen molar-refractivity contribution >= 4 is 22.6 Å². The summed E-state index contributed by atoms with van der Waals surface area (Å²) >= 11 is 1.26. The molecule has 0 amide bonds. The lowest BCUT2D eigenvalue weighted by Crippen LogP contribution is -2.62. The lowest BCUT2D eigenvalue weighted by Gasteiger charge is -2.46. The number of aliphatic hydroxyl groups excluding tert-OH is 2. The van der Waals surface area contributed by atoms with Gasteiger partial charge in [-0.1, -0.05) is 25.7 Å². The van der Waals surface area contributed by atoms with Crippen LogP contribution in [0.15, 0.2) is 0 Å². The van der Waals surface area contributed by atoms with Gasteiger partial charge in [-0.15, -0.1) is 0 Å². The zero-order chi connectivity index (χ0) is 23.7. The summed E-state index contributed by atoms with van der Waals surface area (Å²) in [7, 11) is 3.71. The van der Waals surface area contributed by atoms with Gasteiger partial charge in [0.2, 0.25) is 11.1 Å². The number of likely N-dealkylation sites (N-methyl/N-ethyl adjacent to an activating group) is 1. The van der Waals surface area contributed by atoms with Gasteiger partial charge in [0, 0.05) is 44.8 Å². The molecule has 1 aromatic rings. The monoisotopic (exact) mass is 495 g/mol. The summed E-state index contributed by atoms with van der Waals surface area (Å²) in [6.45, 7) is 3.76. The fraction of sp³-hybridized carbons (Fsp3) is 0.917. The third-order valence-electron chi connectivity index (χ3n) is 8.71. The molecule has 2 aliphatic carbocycles. The van der Waals surface area contributed by atoms with Gasteiger partial charge in [-0.2, -0.15) is 9.36 Å². The second-order valence-corrected chi connectivity index (χ2v) is 11.5. The fourth-order valence-corrected chi connectivity index (χ4v) is 7.19. The van der Waals surface area contributed by atoms with Gasteiger partial charge in [-0.05, 0) is 50.5 Å². The highest BCUT2D eigenvalue weighted by Crippen LogP contribution is 2.43. The molecule has 9 nitrogen and oxygen atoms in total. The molecule has 0 spiro atoms. The molecule has 10 heteroatoms. The van der Waals surface area contributed by atoms with Crippen molar-refractivity contribution in [1.82, 2.24) is 14.3 Å². The SMILES string of the molecule is CO[C@@H]1O[C@H](C2CCC(C3CCCC3)CC2)[C@H](O)[C@H](O)[C@H]1Nc1nc(N2CCN(C)CC2)ns1. The van der Waals surface area contributed by atoms with Crippen molar-refractivity contribution in [3.8, 4) is 0 Å². The Morgan fingerprint density at radius 1 is 0.941 bits per heavy atom. The van der Waals surface area contributed by atoms with Crippen LogP contribution in [0, 0.1) is 17.8 Å². The molecule has 0 radical (unpaired) electrons. The topological polar surface area (TPSA) is 103 Å². The van der Waals surface area contributed by atoms with Crippen LogP contribution in [-0.4, -0.2) is 95.5 Å². The standard InChI is InChI=1S/C24H41N5O4S/c1-28-11-13-29(14-12-28)23-26-24(34-27-23)25-18-19(30)20(31)21(33-22(18)32-2)17-9-7-16(8-10-17)15-5-3-4-6-15/h15-22,30-31H,3-14H2,1-2H3,(H,25,26,27)/t16?,17?,18-,19-,20-,21-,22-/m1/s1. The van der Waals surface area contributed by atoms with E-state index in [-0.39, 0.29) is 5.92 Å². The number of nitrogens with one attached hydrogen (secondary N) is 1. The molecule has 2 aliphatic heterocycles. The van der Waals surface area contributed by atoms with E-state index in [1.54, 1.807) is 7.11 Å². The van der Waals surface area contributed by atoms with Crippen molar-refractivity contribution in [2.45, 2.75) is 82.0 Å². The molecule has 0 bridgehead atoms. The van der Waals surface area contributed by atoms with E-state index in [1.807, 2.05) is 0 Å². The van der Waals surface area contributed by atoms with Gasteiger partial charge < -0.3 is 34.8 Å². The lowest BCUT2D eigenvalue weighted by atomic mass is 9.72. The van der Waals surface area contributed by atoms with Crippen LogP contribution < -0.4 is 10.2 Å². The Morgan fingerprint density at radius 3 is 2.26 bits per heavy atom. The van der Waals surface area contributed by atoms with Crippen LogP contribution in [0.4, 0.5) is 11.1 Å². The Labute approximate surface area is 207 Å². The first-order valence-corrected chi connectivity index (χ1v) is 13.9. The third-order valence-corrected chi connectivity index (χ3v) is 9.35. The number of methoxy groups -OCH3 is 1. The van der Waals surface area contributed by atoms with E-state index >= 15 is 0 Å². The van der Waals surface area contributed by atoms with Crippen LogP contribution in [0.3, 0.4) is 0 Å². The van der Waals surface area contributed by atoms with Gasteiger partial charge >= 0.3 is 0 Å². The van der Waals surface area contributed by atoms with E-state index in [9.17, 15) is 10.2 Å². The second kappa shape index (κ2) is 10.9. The highest BCUT2D eigenvalue weighted by molar-refractivity contribution is 7.09. The van der Waals surface area contributed by atoms with Crippen molar-refractivity contribution in [2.24, 2.45) is 17.8 Å². The molecule has 0 aromatic carbocycles. The zero-order valence-corrected chi connectivity index (χ0v) is 21.3. The van der Waals surface area contributed by atoms with Crippen molar-refractivity contribution in [3.63, 3.8) is 0 Å². The van der Waals surface area contributed by atoms with Gasteiger partial charge in [0.15, 0.2) is 6.29 Å². The van der Waals surface area contributed by atoms with E-state index in [2.05, 4.69) is 31.5 Å². The van der Waals surface area contributed by atoms with Gasteiger partial charge in [-0.3, -0.25) is 0 Å². The molecule has 192 valence electrons. The molecule has 5 rings (SSSR count). The third kappa shape index (κ3) is 5.22. The lowest BCUT2D eigenvalue weighted by molar-refractivity contribution is -0.262. The molecule has 34 heavy (non-hydrogen) atoms. The first-order valence-electron chi connectivity index (χ1n) is 13.1. The molecular formula is C24H41N5O4S. The average molecular weight is 496 g/mol. The largest absolute Gasteiger partial charge is 0.388 e. The Bertz CT molecular complexity index is 775. The van der Waals surface area contributed by atoms with Crippen molar-refractivity contribution in [3.05, 3.63) is 0 Å². The smallest absolute Gasteiger partial charge is 0.239 e. The van der Waals surface area contributed by atoms with Crippen LogP contribution >= 0.6 is 11.5 Å². The first kappa shape index (κ1) is 24.6. The number of hydrogen-bond donors (Lipinski definition) is 3. The minimum Gasteiger partial charge on any atom is -0.388 e. The number of piperazine rings is 1. The van der Waals surface area contributed by atoms with E-state index in [1.165, 1.54) is 50.1 Å². The molecular weight excluding hydrogens is 454 g/mol.